The summed E-state index contributed by atoms with van der Waals surface area (Å²) in [6, 6.07) is 10.0. The summed E-state index contributed by atoms with van der Waals surface area (Å²) in [4.78, 5) is 26.3. The number of ketones is 1. The number of furan rings is 2. The van der Waals surface area contributed by atoms with E-state index in [-0.39, 0.29) is 23.7 Å². The fourth-order valence-corrected chi connectivity index (χ4v) is 6.27. The van der Waals surface area contributed by atoms with E-state index in [1.807, 2.05) is 0 Å². The summed E-state index contributed by atoms with van der Waals surface area (Å²) in [6.07, 6.45) is 2.76. The highest BCUT2D eigenvalue weighted by Gasteiger charge is 2.57. The molecule has 1 aliphatic heterocycles. The lowest BCUT2D eigenvalue weighted by molar-refractivity contribution is -0.143. The maximum atomic E-state index is 13.9. The van der Waals surface area contributed by atoms with E-state index in [1.165, 1.54) is 36.8 Å². The summed E-state index contributed by atoms with van der Waals surface area (Å²) in [5.41, 5.74) is 0.139. The number of sulfone groups is 1. The number of nitrogens with one attached hydrogen (secondary N) is 1. The van der Waals surface area contributed by atoms with Gasteiger partial charge >= 0.3 is 5.97 Å². The first-order valence-corrected chi connectivity index (χ1v) is 11.8. The Balaban J connectivity index is 1.86. The number of rotatable bonds is 6. The van der Waals surface area contributed by atoms with Crippen LogP contribution in [0.4, 0.5) is 0 Å². The van der Waals surface area contributed by atoms with Crippen molar-refractivity contribution in [3.63, 3.8) is 0 Å². The van der Waals surface area contributed by atoms with Gasteiger partial charge in [0.05, 0.1) is 31.2 Å². The first-order valence-electron chi connectivity index (χ1n) is 9.86. The van der Waals surface area contributed by atoms with Crippen LogP contribution in [0.1, 0.15) is 40.9 Å². The van der Waals surface area contributed by atoms with E-state index in [9.17, 15) is 18.0 Å². The van der Waals surface area contributed by atoms with Crippen LogP contribution in [0.3, 0.4) is 0 Å². The molecule has 4 atom stereocenters. The Bertz CT molecular complexity index is 1190. The maximum Gasteiger partial charge on any atom is 0.326 e. The van der Waals surface area contributed by atoms with Crippen LogP contribution in [0.15, 0.2) is 69.9 Å². The molecule has 0 amide bonds. The van der Waals surface area contributed by atoms with Crippen molar-refractivity contribution in [1.82, 2.24) is 5.32 Å². The van der Waals surface area contributed by atoms with Crippen molar-refractivity contribution in [3.8, 4) is 0 Å². The van der Waals surface area contributed by atoms with Gasteiger partial charge in [0.1, 0.15) is 16.8 Å². The van der Waals surface area contributed by atoms with Gasteiger partial charge in [-0.15, -0.1) is 0 Å². The van der Waals surface area contributed by atoms with Gasteiger partial charge in [-0.2, -0.15) is 0 Å². The molecule has 0 radical (unpaired) electrons. The number of halogens is 1. The summed E-state index contributed by atoms with van der Waals surface area (Å²) < 4.78 is 43.7. The number of esters is 1. The van der Waals surface area contributed by atoms with E-state index in [2.05, 4.69) is 5.32 Å². The van der Waals surface area contributed by atoms with Gasteiger partial charge in [-0.05, 0) is 55.5 Å². The molecule has 10 heteroatoms. The van der Waals surface area contributed by atoms with Crippen LogP contribution in [0, 0.1) is 0 Å². The molecule has 8 nitrogen and oxygen atoms in total. The zero-order chi connectivity index (χ0) is 22.9. The Labute approximate surface area is 189 Å². The van der Waals surface area contributed by atoms with Crippen LogP contribution in [-0.4, -0.2) is 37.3 Å². The minimum atomic E-state index is -4.43. The minimum Gasteiger partial charge on any atom is -0.468 e. The fraction of sp³-hybridized carbons (Fsp3) is 0.273. The van der Waals surface area contributed by atoms with Crippen LogP contribution in [0.2, 0.25) is 5.02 Å². The normalized spacial score (nSPS) is 24.7. The van der Waals surface area contributed by atoms with Crippen molar-refractivity contribution in [1.29, 1.82) is 0 Å². The van der Waals surface area contributed by atoms with Gasteiger partial charge in [-0.1, -0.05) is 11.6 Å². The number of carbonyl (C=O) groups is 2. The Morgan fingerprint density at radius 1 is 0.969 bits per heavy atom. The van der Waals surface area contributed by atoms with Crippen molar-refractivity contribution in [2.45, 2.75) is 29.5 Å². The molecule has 1 fully saturated rings. The second-order valence-electron chi connectivity index (χ2n) is 7.21. The first-order chi connectivity index (χ1) is 15.3. The standard InChI is InChI=1S/C22H20ClNO7S/c1-2-29-22(26)21-18(16-6-4-12-31-16)24-17(15-5-3-11-30-15)20(32(21,27)28)19(25)13-7-9-14(23)10-8-13/h3-12,17-18,20-21,24H,2H2,1H3. The molecule has 1 saturated heterocycles. The minimum absolute atomic E-state index is 0.0207. The number of hydrogen-bond acceptors (Lipinski definition) is 8. The zero-order valence-corrected chi connectivity index (χ0v) is 18.5. The average Bonchev–Trinajstić information content (AvgIpc) is 3.47. The van der Waals surface area contributed by atoms with E-state index in [0.717, 1.165) is 0 Å². The molecular weight excluding hydrogens is 458 g/mol. The number of Topliss-reactive ketones (excluding diaryl/α,β-unsaturated/α-hetero) is 1. The third kappa shape index (κ3) is 3.99. The summed E-state index contributed by atoms with van der Waals surface area (Å²) >= 11 is 5.92. The topological polar surface area (TPSA) is 116 Å². The predicted molar refractivity (Wildman–Crippen MR) is 115 cm³/mol. The second kappa shape index (κ2) is 8.93. The highest BCUT2D eigenvalue weighted by molar-refractivity contribution is 7.94. The summed E-state index contributed by atoms with van der Waals surface area (Å²) in [5.74, 6) is -1.20. The maximum absolute atomic E-state index is 13.9. The second-order valence-corrected chi connectivity index (χ2v) is 9.84. The first kappa shape index (κ1) is 22.3. The van der Waals surface area contributed by atoms with Crippen LogP contribution < -0.4 is 5.32 Å². The summed E-state index contributed by atoms with van der Waals surface area (Å²) in [5, 5.41) is 0.164. The van der Waals surface area contributed by atoms with Crippen molar-refractivity contribution >= 4 is 33.2 Å². The van der Waals surface area contributed by atoms with Gasteiger partial charge < -0.3 is 13.6 Å². The largest absolute Gasteiger partial charge is 0.468 e. The van der Waals surface area contributed by atoms with Gasteiger partial charge in [0.25, 0.3) is 0 Å². The molecule has 0 spiro atoms. The third-order valence-electron chi connectivity index (χ3n) is 5.28. The van der Waals surface area contributed by atoms with Crippen LogP contribution in [-0.2, 0) is 19.4 Å². The van der Waals surface area contributed by atoms with E-state index in [1.54, 1.807) is 31.2 Å². The Morgan fingerprint density at radius 2 is 1.53 bits per heavy atom. The molecule has 3 heterocycles. The van der Waals surface area contributed by atoms with Crippen molar-refractivity contribution in [2.24, 2.45) is 0 Å². The fourth-order valence-electron chi connectivity index (χ4n) is 3.88. The van der Waals surface area contributed by atoms with Crippen LogP contribution in [0.25, 0.3) is 0 Å². The Hall–Kier alpha value is -2.88. The highest BCUT2D eigenvalue weighted by atomic mass is 35.5. The number of hydrogen-bond donors (Lipinski definition) is 1. The van der Waals surface area contributed by atoms with Gasteiger partial charge in [-0.3, -0.25) is 14.9 Å². The number of benzene rings is 1. The van der Waals surface area contributed by atoms with E-state index in [4.69, 9.17) is 25.2 Å². The van der Waals surface area contributed by atoms with E-state index < -0.39 is 44.2 Å². The van der Waals surface area contributed by atoms with Crippen molar-refractivity contribution < 1.29 is 31.6 Å². The van der Waals surface area contributed by atoms with Crippen molar-refractivity contribution in [2.75, 3.05) is 6.61 Å². The molecule has 1 aromatic carbocycles. The molecule has 0 aliphatic carbocycles. The average molecular weight is 478 g/mol. The lowest BCUT2D eigenvalue weighted by Gasteiger charge is -2.38. The molecule has 168 valence electrons. The van der Waals surface area contributed by atoms with Crippen LogP contribution >= 0.6 is 11.6 Å². The molecular formula is C22H20ClNO7S. The van der Waals surface area contributed by atoms with Crippen molar-refractivity contribution in [3.05, 3.63) is 83.2 Å². The predicted octanol–water partition coefficient (Wildman–Crippen LogP) is 3.51. The lowest BCUT2D eigenvalue weighted by atomic mass is 9.98. The molecule has 4 rings (SSSR count). The molecule has 1 N–H and O–H groups in total. The molecule has 2 aromatic heterocycles. The van der Waals surface area contributed by atoms with Gasteiger partial charge in [0, 0.05) is 10.6 Å². The Kier molecular flexibility index (Phi) is 6.23. The zero-order valence-electron chi connectivity index (χ0n) is 16.9. The van der Waals surface area contributed by atoms with Gasteiger partial charge in [-0.25, -0.2) is 8.42 Å². The van der Waals surface area contributed by atoms with E-state index in [0.29, 0.717) is 5.02 Å². The molecule has 0 saturated carbocycles. The third-order valence-corrected chi connectivity index (χ3v) is 7.90. The smallest absolute Gasteiger partial charge is 0.326 e. The highest BCUT2D eigenvalue weighted by Crippen LogP contribution is 2.40. The molecule has 0 bridgehead atoms. The summed E-state index contributed by atoms with van der Waals surface area (Å²) in [6.45, 7) is 1.55. The quantitative estimate of drug-likeness (QED) is 0.423. The lowest BCUT2D eigenvalue weighted by Crippen LogP contribution is -2.59. The molecule has 4 unspecified atom stereocenters. The molecule has 32 heavy (non-hydrogen) atoms. The monoisotopic (exact) mass is 477 g/mol. The Morgan fingerprint density at radius 3 is 2.03 bits per heavy atom. The van der Waals surface area contributed by atoms with Crippen LogP contribution in [0.5, 0.6) is 0 Å². The van der Waals surface area contributed by atoms with Gasteiger partial charge in [0.2, 0.25) is 0 Å². The number of carbonyl (C=O) groups excluding carboxylic acids is 2. The summed E-state index contributed by atoms with van der Waals surface area (Å²) in [7, 11) is -4.43. The van der Waals surface area contributed by atoms with E-state index >= 15 is 0 Å². The number of ether oxygens (including phenoxy) is 1. The molecule has 1 aliphatic rings. The van der Waals surface area contributed by atoms with Gasteiger partial charge in [0.15, 0.2) is 20.9 Å². The molecule has 3 aromatic rings. The SMILES string of the molecule is CCOC(=O)C1C(c2ccco2)NC(c2ccco2)C(C(=O)c2ccc(Cl)cc2)S1(=O)=O.